The summed E-state index contributed by atoms with van der Waals surface area (Å²) in [6.07, 6.45) is 3.91. The summed E-state index contributed by atoms with van der Waals surface area (Å²) in [6, 6.07) is 4.49. The van der Waals surface area contributed by atoms with Gasteiger partial charge in [-0.2, -0.15) is 0 Å². The molecule has 0 aliphatic carbocycles. The lowest BCUT2D eigenvalue weighted by molar-refractivity contribution is -0.130. The first-order valence-electron chi connectivity index (χ1n) is 7.78. The Hall–Kier alpha value is -1.43. The molecule has 126 valence electrons. The van der Waals surface area contributed by atoms with Gasteiger partial charge in [-0.05, 0) is 37.1 Å². The highest BCUT2D eigenvalue weighted by Gasteiger charge is 2.25. The van der Waals surface area contributed by atoms with E-state index in [0.29, 0.717) is 12.1 Å². The highest BCUT2D eigenvalue weighted by molar-refractivity contribution is 6.30. The molecule has 0 radical (unpaired) electrons. The van der Waals surface area contributed by atoms with Gasteiger partial charge in [0.2, 0.25) is 5.91 Å². The normalized spacial score (nSPS) is 19.5. The lowest BCUT2D eigenvalue weighted by Gasteiger charge is -2.39. The van der Waals surface area contributed by atoms with E-state index >= 15 is 0 Å². The first kappa shape index (κ1) is 17.9. The average Bonchev–Trinajstić information content (AvgIpc) is 2.53. The van der Waals surface area contributed by atoms with Crippen LogP contribution in [0.5, 0.6) is 0 Å². The minimum Gasteiger partial charge on any atom is -0.396 e. The van der Waals surface area contributed by atoms with Gasteiger partial charge in [0.05, 0.1) is 5.02 Å². The van der Waals surface area contributed by atoms with Crippen molar-refractivity contribution < 1.29 is 14.3 Å². The maximum absolute atomic E-state index is 13.1. The number of carbonyl (C=O) groups is 1. The predicted molar refractivity (Wildman–Crippen MR) is 89.8 cm³/mol. The van der Waals surface area contributed by atoms with Crippen LogP contribution < -0.4 is 0 Å². The number of piperazine rings is 1. The molecular weight excluding hydrogens is 319 g/mol. The van der Waals surface area contributed by atoms with Crippen LogP contribution in [-0.4, -0.2) is 59.6 Å². The second kappa shape index (κ2) is 8.43. The molecule has 1 atom stereocenters. The zero-order valence-corrected chi connectivity index (χ0v) is 14.0. The molecule has 1 aromatic rings. The van der Waals surface area contributed by atoms with E-state index in [1.807, 2.05) is 11.8 Å². The molecule has 1 aliphatic heterocycles. The van der Waals surface area contributed by atoms with Gasteiger partial charge in [0, 0.05) is 44.9 Å². The van der Waals surface area contributed by atoms with Gasteiger partial charge in [-0.1, -0.05) is 17.7 Å². The van der Waals surface area contributed by atoms with Crippen LogP contribution in [-0.2, 0) is 4.79 Å². The Bertz CT molecular complexity index is 580. The SMILES string of the molecule is C[C@H]1CN(CCCO)CCN1C(=O)/C=C/c1ccc(F)c(Cl)c1. The average molecular weight is 341 g/mol. The van der Waals surface area contributed by atoms with Crippen molar-refractivity contribution in [2.45, 2.75) is 19.4 Å². The molecule has 0 saturated carbocycles. The van der Waals surface area contributed by atoms with E-state index in [4.69, 9.17) is 16.7 Å². The summed E-state index contributed by atoms with van der Waals surface area (Å²) < 4.78 is 13.1. The topological polar surface area (TPSA) is 43.8 Å². The smallest absolute Gasteiger partial charge is 0.246 e. The van der Waals surface area contributed by atoms with E-state index in [1.54, 1.807) is 12.1 Å². The molecule has 1 aliphatic rings. The van der Waals surface area contributed by atoms with Gasteiger partial charge < -0.3 is 10.0 Å². The van der Waals surface area contributed by atoms with E-state index in [1.165, 1.54) is 18.2 Å². The molecule has 0 unspecified atom stereocenters. The number of carbonyl (C=O) groups excluding carboxylic acids is 1. The number of amides is 1. The van der Waals surface area contributed by atoms with Crippen molar-refractivity contribution in [2.24, 2.45) is 0 Å². The zero-order valence-electron chi connectivity index (χ0n) is 13.2. The Kier molecular flexibility index (Phi) is 6.57. The second-order valence-corrected chi connectivity index (χ2v) is 6.17. The summed E-state index contributed by atoms with van der Waals surface area (Å²) in [5.41, 5.74) is 0.694. The Balaban J connectivity index is 1.93. The van der Waals surface area contributed by atoms with Crippen molar-refractivity contribution >= 4 is 23.6 Å². The summed E-state index contributed by atoms with van der Waals surface area (Å²) in [4.78, 5) is 16.4. The number of rotatable bonds is 5. The molecule has 1 aromatic carbocycles. The van der Waals surface area contributed by atoms with E-state index in [0.717, 1.165) is 26.1 Å². The Morgan fingerprint density at radius 3 is 2.91 bits per heavy atom. The third-order valence-electron chi connectivity index (χ3n) is 3.99. The standard InChI is InChI=1S/C17H22ClFN2O2/c1-13-12-20(7-2-10-22)8-9-21(13)17(23)6-4-14-3-5-16(19)15(18)11-14/h3-6,11,13,22H,2,7-10,12H2,1H3/b6-4+/t13-/m0/s1. The number of halogens is 2. The lowest BCUT2D eigenvalue weighted by Crippen LogP contribution is -2.53. The number of hydrogen-bond acceptors (Lipinski definition) is 3. The molecule has 1 amide bonds. The Morgan fingerprint density at radius 1 is 1.48 bits per heavy atom. The van der Waals surface area contributed by atoms with Gasteiger partial charge in [-0.25, -0.2) is 4.39 Å². The van der Waals surface area contributed by atoms with Gasteiger partial charge in [-0.3, -0.25) is 9.69 Å². The van der Waals surface area contributed by atoms with Crippen LogP contribution in [0.2, 0.25) is 5.02 Å². The lowest BCUT2D eigenvalue weighted by atomic mass is 10.1. The molecule has 6 heteroatoms. The summed E-state index contributed by atoms with van der Waals surface area (Å²) in [5.74, 6) is -0.525. The van der Waals surface area contributed by atoms with E-state index in [2.05, 4.69) is 4.90 Å². The first-order valence-corrected chi connectivity index (χ1v) is 8.16. The highest BCUT2D eigenvalue weighted by Crippen LogP contribution is 2.17. The third-order valence-corrected chi connectivity index (χ3v) is 4.28. The first-order chi connectivity index (χ1) is 11.0. The van der Waals surface area contributed by atoms with Crippen LogP contribution in [0.4, 0.5) is 4.39 Å². The largest absolute Gasteiger partial charge is 0.396 e. The third kappa shape index (κ3) is 5.03. The van der Waals surface area contributed by atoms with Crippen LogP contribution in [0, 0.1) is 5.82 Å². The Morgan fingerprint density at radius 2 is 2.26 bits per heavy atom. The fourth-order valence-corrected chi connectivity index (χ4v) is 2.93. The van der Waals surface area contributed by atoms with E-state index in [9.17, 15) is 9.18 Å². The van der Waals surface area contributed by atoms with Gasteiger partial charge >= 0.3 is 0 Å². The number of benzene rings is 1. The van der Waals surface area contributed by atoms with E-state index < -0.39 is 5.82 Å². The number of nitrogens with zero attached hydrogens (tertiary/aromatic N) is 2. The van der Waals surface area contributed by atoms with Crippen LogP contribution in [0.3, 0.4) is 0 Å². The van der Waals surface area contributed by atoms with Gasteiger partial charge in [0.15, 0.2) is 0 Å². The van der Waals surface area contributed by atoms with Crippen molar-refractivity contribution in [2.75, 3.05) is 32.8 Å². The van der Waals surface area contributed by atoms with Crippen molar-refractivity contribution in [1.29, 1.82) is 0 Å². The summed E-state index contributed by atoms with van der Waals surface area (Å²) in [6.45, 7) is 5.35. The van der Waals surface area contributed by atoms with Gasteiger partial charge in [0.1, 0.15) is 5.82 Å². The van der Waals surface area contributed by atoms with Crippen molar-refractivity contribution in [3.8, 4) is 0 Å². The molecule has 1 heterocycles. The fraction of sp³-hybridized carbons (Fsp3) is 0.471. The molecule has 1 N–H and O–H groups in total. The number of aliphatic hydroxyl groups excluding tert-OH is 1. The zero-order chi connectivity index (χ0) is 16.8. The molecule has 1 fully saturated rings. The molecular formula is C17H22ClFN2O2. The molecule has 4 nitrogen and oxygen atoms in total. The number of hydrogen-bond donors (Lipinski definition) is 1. The fourth-order valence-electron chi connectivity index (χ4n) is 2.74. The van der Waals surface area contributed by atoms with Crippen LogP contribution in [0.15, 0.2) is 24.3 Å². The summed E-state index contributed by atoms with van der Waals surface area (Å²) >= 11 is 5.73. The molecule has 0 spiro atoms. The molecule has 0 bridgehead atoms. The maximum Gasteiger partial charge on any atom is 0.246 e. The predicted octanol–water partition coefficient (Wildman–Crippen LogP) is 2.41. The minimum atomic E-state index is -0.470. The summed E-state index contributed by atoms with van der Waals surface area (Å²) in [5, 5.41) is 8.93. The van der Waals surface area contributed by atoms with Gasteiger partial charge in [-0.15, -0.1) is 0 Å². The molecule has 2 rings (SSSR count). The van der Waals surface area contributed by atoms with Crippen LogP contribution >= 0.6 is 11.6 Å². The monoisotopic (exact) mass is 340 g/mol. The molecule has 23 heavy (non-hydrogen) atoms. The maximum atomic E-state index is 13.1. The van der Waals surface area contributed by atoms with Gasteiger partial charge in [0.25, 0.3) is 0 Å². The second-order valence-electron chi connectivity index (χ2n) is 5.77. The minimum absolute atomic E-state index is 0.0467. The highest BCUT2D eigenvalue weighted by atomic mass is 35.5. The van der Waals surface area contributed by atoms with E-state index in [-0.39, 0.29) is 23.6 Å². The van der Waals surface area contributed by atoms with Crippen molar-refractivity contribution in [3.63, 3.8) is 0 Å². The molecule has 1 saturated heterocycles. The van der Waals surface area contributed by atoms with Crippen LogP contribution in [0.25, 0.3) is 6.08 Å². The Labute approximate surface area is 141 Å². The van der Waals surface area contributed by atoms with Crippen LogP contribution in [0.1, 0.15) is 18.9 Å². The molecule has 0 aromatic heterocycles. The summed E-state index contributed by atoms with van der Waals surface area (Å²) in [7, 11) is 0. The van der Waals surface area contributed by atoms with Crippen molar-refractivity contribution in [1.82, 2.24) is 9.80 Å². The quantitative estimate of drug-likeness (QED) is 0.837. The van der Waals surface area contributed by atoms with Crippen molar-refractivity contribution in [3.05, 3.63) is 40.7 Å². The number of aliphatic hydroxyl groups is 1.